The van der Waals surface area contributed by atoms with Gasteiger partial charge in [-0.1, -0.05) is 24.3 Å². The zero-order valence-corrected chi connectivity index (χ0v) is 35.7. The van der Waals surface area contributed by atoms with E-state index in [1.807, 2.05) is 0 Å². The molecule has 0 spiro atoms. The van der Waals surface area contributed by atoms with Gasteiger partial charge < -0.3 is 19.9 Å². The van der Waals surface area contributed by atoms with Crippen molar-refractivity contribution in [2.45, 2.75) is 0 Å². The van der Waals surface area contributed by atoms with Crippen LogP contribution in [0.1, 0.15) is 45.0 Å². The molecule has 2 N–H and O–H groups in total. The van der Waals surface area contributed by atoms with Crippen LogP contribution < -0.4 is 31.4 Å². The molecule has 0 radical (unpaired) electrons. The molecule has 5 heterocycles. The number of aromatic nitrogens is 4. The summed E-state index contributed by atoms with van der Waals surface area (Å²) >= 11 is 0. The van der Waals surface area contributed by atoms with E-state index in [4.69, 9.17) is 0 Å². The first-order valence-corrected chi connectivity index (χ1v) is 18.3. The van der Waals surface area contributed by atoms with Crippen LogP contribution >= 0.6 is 0 Å². The Bertz CT molecular complexity index is 3230. The Labute approximate surface area is 380 Å². The summed E-state index contributed by atoms with van der Waals surface area (Å²) in [6.45, 7) is 0. The van der Waals surface area contributed by atoms with Gasteiger partial charge in [0.1, 0.15) is 0 Å². The summed E-state index contributed by atoms with van der Waals surface area (Å²) < 4.78 is 303. The zero-order valence-electron chi connectivity index (χ0n) is 32.8. The molecule has 0 amide bonds. The number of fused-ring (bicyclic) bond motifs is 8. The molecule has 0 unspecified atom stereocenters. The fraction of sp³-hybridized carbons (Fsp3) is 0. The molecule has 0 fully saturated rings. The number of hydrogen-bond acceptors (Lipinski definition) is 0. The summed E-state index contributed by atoms with van der Waals surface area (Å²) in [4.78, 5) is 12.3. The average molecular weight is 1040 g/mol. The maximum atomic E-state index is 15.8. The Kier molecular flexibility index (Phi) is 11.9. The minimum absolute atomic E-state index is 0. The van der Waals surface area contributed by atoms with Crippen LogP contribution in [0.3, 0.4) is 0 Å². The van der Waals surface area contributed by atoms with Gasteiger partial charge in [-0.25, -0.2) is 87.8 Å². The van der Waals surface area contributed by atoms with E-state index in [2.05, 4.69) is 19.9 Å². The Morgan fingerprint density at radius 2 is 0.362 bits per heavy atom. The second-order valence-corrected chi connectivity index (χ2v) is 14.3. The number of rotatable bonds is 4. The van der Waals surface area contributed by atoms with E-state index < -0.39 is 205 Å². The van der Waals surface area contributed by atoms with Gasteiger partial charge in [0.15, 0.2) is 93.1 Å². The number of H-pyrrole nitrogens is 2. The molecule has 1 aliphatic rings. The molecule has 9 rings (SSSR count). The van der Waals surface area contributed by atoms with Gasteiger partial charge in [-0.3, -0.25) is 0 Å². The topological polar surface area (TPSA) is 59.8 Å². The molecule has 1 aliphatic heterocycles. The largest absolute Gasteiger partial charge is 2.00 e. The summed E-state index contributed by atoms with van der Waals surface area (Å²) in [6, 6.07) is 4.91. The number of aromatic amines is 2. The Hall–Kier alpha value is -7.30. The van der Waals surface area contributed by atoms with Gasteiger partial charge in [0.2, 0.25) is 23.3 Å². The van der Waals surface area contributed by atoms with E-state index in [0.717, 1.165) is 0 Å². The maximum Gasteiger partial charge on any atom is 2.00 e. The van der Waals surface area contributed by atoms with Crippen molar-refractivity contribution in [1.29, 1.82) is 0 Å². The molecule has 348 valence electrons. The predicted molar refractivity (Wildman–Crippen MR) is 191 cm³/mol. The monoisotopic (exact) mass is 1040 g/mol. The van der Waals surface area contributed by atoms with Crippen LogP contribution in [-0.4, -0.2) is 9.97 Å². The molecule has 0 saturated carbocycles. The van der Waals surface area contributed by atoms with Gasteiger partial charge in [0.25, 0.3) is 0 Å². The smallest absolute Gasteiger partial charge is 0.657 e. The SMILES string of the molecule is Fc1c(F)c(F)c(/C2=c3\cc/c([n-]3)=C(\c3c(F)c(F)c(F)c(F)c3F)c3ccc([nH]3)/C(c3c(F)c(F)c(F)c(F)c3F)=c3/cc/c([n-]3)=C(\c3c(F)c(F)c(F)c(F)c3F)c3ccc2[nH]3)c(F)c1F.[Zn+2]. The van der Waals surface area contributed by atoms with Crippen molar-refractivity contribution in [3.05, 3.63) is 231 Å². The second-order valence-electron chi connectivity index (χ2n) is 14.3. The van der Waals surface area contributed by atoms with Crippen molar-refractivity contribution in [3.63, 3.8) is 0 Å². The Morgan fingerprint density at radius 1 is 0.217 bits per heavy atom. The number of halogens is 20. The Morgan fingerprint density at radius 3 is 0.522 bits per heavy atom. The van der Waals surface area contributed by atoms with Crippen molar-refractivity contribution in [1.82, 2.24) is 19.9 Å². The summed E-state index contributed by atoms with van der Waals surface area (Å²) in [5, 5.41) is -4.12. The second kappa shape index (κ2) is 17.0. The minimum Gasteiger partial charge on any atom is -0.657 e. The molecule has 8 aromatic rings. The summed E-state index contributed by atoms with van der Waals surface area (Å²) in [6.07, 6.45) is 0. The van der Waals surface area contributed by atoms with Crippen molar-refractivity contribution < 1.29 is 107 Å². The fourth-order valence-electron chi connectivity index (χ4n) is 7.56. The number of hydrogen-bond donors (Lipinski definition) is 2. The van der Waals surface area contributed by atoms with Crippen LogP contribution in [-0.2, 0) is 19.5 Å². The summed E-state index contributed by atoms with van der Waals surface area (Å²) in [7, 11) is 0. The molecule has 25 heteroatoms. The first-order valence-electron chi connectivity index (χ1n) is 18.3. The third kappa shape index (κ3) is 7.01. The molecule has 4 aromatic heterocycles. The van der Waals surface area contributed by atoms with Crippen LogP contribution in [0.25, 0.3) is 22.3 Å². The van der Waals surface area contributed by atoms with Gasteiger partial charge >= 0.3 is 19.5 Å². The van der Waals surface area contributed by atoms with E-state index in [1.54, 1.807) is 0 Å². The van der Waals surface area contributed by atoms with Crippen LogP contribution in [0, 0.1) is 116 Å². The van der Waals surface area contributed by atoms with Gasteiger partial charge in [-0.15, -0.1) is 21.4 Å². The molecule has 0 saturated heterocycles. The van der Waals surface area contributed by atoms with E-state index in [1.165, 1.54) is 0 Å². The van der Waals surface area contributed by atoms with E-state index in [-0.39, 0.29) is 19.5 Å². The van der Waals surface area contributed by atoms with Gasteiger partial charge in [0, 0.05) is 22.8 Å². The molecule has 0 atom stereocenters. The predicted octanol–water partition coefficient (Wildman–Crippen LogP) is 8.34. The van der Waals surface area contributed by atoms with Crippen molar-refractivity contribution >= 4 is 22.3 Å². The fourth-order valence-corrected chi connectivity index (χ4v) is 7.56. The number of nitrogens with one attached hydrogen (secondary N) is 2. The van der Waals surface area contributed by atoms with Crippen molar-refractivity contribution in [3.8, 4) is 0 Å². The first kappa shape index (κ1) is 48.2. The van der Waals surface area contributed by atoms with Gasteiger partial charge in [-0.2, -0.15) is 0 Å². The third-order valence-electron chi connectivity index (χ3n) is 10.6. The standard InChI is InChI=1S/C44H10F20N4.Zn/c45-25-21(26(46)34(54)41(61)33(25)53)17-9-1-2-10(65-9)18(22-27(47)35(55)42(62)36(56)28(22)48)12-5-6-14(67-12)20(24-31(51)39(59)44(64)40(60)32(24)52)16-8-7-15(68-16)19(13-4-3-11(17)66-13)23-29(49)37(57)43(63)38(58)30(23)50;/h1-8,65,68H;/q-2;+2/b17-9?,17-11+,18-10?,18-12+,19-13+,19-15?,20-14+,20-16?;. The molecule has 0 aliphatic carbocycles. The minimum atomic E-state index is -2.72. The first-order chi connectivity index (χ1) is 32.1. The van der Waals surface area contributed by atoms with Crippen LogP contribution in [0.15, 0.2) is 48.5 Å². The van der Waals surface area contributed by atoms with E-state index >= 15 is 35.1 Å². The van der Waals surface area contributed by atoms with Crippen molar-refractivity contribution in [2.75, 3.05) is 0 Å². The maximum absolute atomic E-state index is 15.8. The molecular formula is C44H10F20N4Zn. The summed E-state index contributed by atoms with van der Waals surface area (Å²) in [5.41, 5.74) is -16.3. The van der Waals surface area contributed by atoms with Crippen LogP contribution in [0.5, 0.6) is 0 Å². The third-order valence-corrected chi connectivity index (χ3v) is 10.6. The normalized spacial score (nSPS) is 15.8. The van der Waals surface area contributed by atoms with E-state index in [0.29, 0.717) is 48.5 Å². The molecule has 4 aromatic carbocycles. The zero-order chi connectivity index (χ0) is 49.3. The average Bonchev–Trinajstić information content (AvgIpc) is 4.18. The Balaban J connectivity index is 0.00000642. The van der Waals surface area contributed by atoms with Crippen LogP contribution in [0.4, 0.5) is 87.8 Å². The van der Waals surface area contributed by atoms with Crippen molar-refractivity contribution in [2.24, 2.45) is 0 Å². The number of nitrogens with zero attached hydrogens (tertiary/aromatic N) is 2. The summed E-state index contributed by atoms with van der Waals surface area (Å²) in [5.74, 6) is -52.6. The van der Waals surface area contributed by atoms with Crippen LogP contribution in [0.2, 0.25) is 0 Å². The van der Waals surface area contributed by atoms with Gasteiger partial charge in [-0.05, 0) is 46.6 Å². The molecular weight excluding hydrogens is 1030 g/mol. The number of benzene rings is 4. The molecule has 8 bridgehead atoms. The van der Waals surface area contributed by atoms with E-state index in [9.17, 15) is 52.7 Å². The quantitative estimate of drug-likeness (QED) is 0.0807. The molecule has 69 heavy (non-hydrogen) atoms. The molecule has 4 nitrogen and oxygen atoms in total. The van der Waals surface area contributed by atoms with Gasteiger partial charge in [0.05, 0.1) is 22.3 Å².